The first-order chi connectivity index (χ1) is 8.17. The van der Waals surface area contributed by atoms with Crippen LogP contribution in [0, 0.1) is 5.41 Å². The van der Waals surface area contributed by atoms with Crippen LogP contribution in [0.5, 0.6) is 0 Å². The first-order valence-electron chi connectivity index (χ1n) is 6.93. The second-order valence-electron chi connectivity index (χ2n) is 7.19. The molecule has 0 unspecified atom stereocenters. The monoisotopic (exact) mass is 254 g/mol. The maximum absolute atomic E-state index is 11.6. The van der Waals surface area contributed by atoms with Crippen LogP contribution in [0.1, 0.15) is 47.5 Å². The summed E-state index contributed by atoms with van der Waals surface area (Å²) in [5.41, 5.74) is -0.383. The molecule has 1 saturated heterocycles. The summed E-state index contributed by atoms with van der Waals surface area (Å²) in [6.07, 6.45) is 1.77. The quantitative estimate of drug-likeness (QED) is 0.782. The zero-order valence-electron chi connectivity index (χ0n) is 12.2. The van der Waals surface area contributed by atoms with Gasteiger partial charge in [0.1, 0.15) is 0 Å². The lowest BCUT2D eigenvalue weighted by Crippen LogP contribution is -2.70. The number of nitrogens with zero attached hydrogens (tertiary/aromatic N) is 2. The summed E-state index contributed by atoms with van der Waals surface area (Å²) in [6, 6.07) is 0.770. The van der Waals surface area contributed by atoms with Gasteiger partial charge in [0.25, 0.3) is 0 Å². The van der Waals surface area contributed by atoms with E-state index in [1.807, 2.05) is 6.92 Å². The Balaban J connectivity index is 2.31. The summed E-state index contributed by atoms with van der Waals surface area (Å²) in [5, 5.41) is 9.56. The van der Waals surface area contributed by atoms with Crippen LogP contribution in [0.15, 0.2) is 0 Å². The molecule has 2 fully saturated rings. The van der Waals surface area contributed by atoms with Gasteiger partial charge in [-0.2, -0.15) is 0 Å². The van der Waals surface area contributed by atoms with Crippen molar-refractivity contribution in [1.82, 2.24) is 9.80 Å². The van der Waals surface area contributed by atoms with Crippen molar-refractivity contribution in [2.24, 2.45) is 5.41 Å². The Kier molecular flexibility index (Phi) is 3.13. The van der Waals surface area contributed by atoms with Gasteiger partial charge in [-0.1, -0.05) is 20.8 Å². The summed E-state index contributed by atoms with van der Waals surface area (Å²) in [6.45, 7) is 12.3. The second-order valence-corrected chi connectivity index (χ2v) is 7.19. The average molecular weight is 254 g/mol. The SMILES string of the molecule is C[C@@H]1CN(C2CC2)C[C@](C)(C(C)(C)C)N1C(=O)O. The van der Waals surface area contributed by atoms with Crippen molar-refractivity contribution in [3.8, 4) is 0 Å². The van der Waals surface area contributed by atoms with E-state index in [0.29, 0.717) is 6.04 Å². The molecule has 0 aromatic carbocycles. The smallest absolute Gasteiger partial charge is 0.408 e. The molecule has 2 rings (SSSR count). The van der Waals surface area contributed by atoms with Crippen molar-refractivity contribution < 1.29 is 9.90 Å². The number of hydrogen-bond acceptors (Lipinski definition) is 2. The third kappa shape index (κ3) is 2.11. The van der Waals surface area contributed by atoms with Crippen LogP contribution in [-0.4, -0.2) is 51.7 Å². The van der Waals surface area contributed by atoms with Gasteiger partial charge < -0.3 is 5.11 Å². The fourth-order valence-electron chi connectivity index (χ4n) is 3.16. The molecule has 4 heteroatoms. The lowest BCUT2D eigenvalue weighted by Gasteiger charge is -2.57. The predicted octanol–water partition coefficient (Wildman–Crippen LogP) is 2.64. The Labute approximate surface area is 110 Å². The molecule has 1 aliphatic heterocycles. The van der Waals surface area contributed by atoms with Gasteiger partial charge in [0, 0.05) is 25.2 Å². The Morgan fingerprint density at radius 2 is 1.89 bits per heavy atom. The standard InChI is InChI=1S/C14H26N2O2/c1-10-8-15(11-6-7-11)9-14(5,13(2,3)4)16(10)12(17)18/h10-11H,6-9H2,1-5H3,(H,17,18)/t10-,14-/m1/s1. The molecule has 0 aromatic rings. The molecular formula is C14H26N2O2. The van der Waals surface area contributed by atoms with Gasteiger partial charge >= 0.3 is 6.09 Å². The molecule has 0 aromatic heterocycles. The third-order valence-electron chi connectivity index (χ3n) is 4.87. The van der Waals surface area contributed by atoms with Crippen LogP contribution in [-0.2, 0) is 0 Å². The number of carboxylic acid groups (broad SMARTS) is 1. The van der Waals surface area contributed by atoms with Crippen molar-refractivity contribution in [3.63, 3.8) is 0 Å². The van der Waals surface area contributed by atoms with Crippen LogP contribution in [0.4, 0.5) is 4.79 Å². The zero-order valence-corrected chi connectivity index (χ0v) is 12.2. The van der Waals surface area contributed by atoms with Gasteiger partial charge in [-0.25, -0.2) is 4.79 Å². The highest BCUT2D eigenvalue weighted by Crippen LogP contribution is 2.42. The molecule has 1 saturated carbocycles. The van der Waals surface area contributed by atoms with Crippen molar-refractivity contribution in [3.05, 3.63) is 0 Å². The minimum atomic E-state index is -0.782. The van der Waals surface area contributed by atoms with Crippen LogP contribution in [0.3, 0.4) is 0 Å². The van der Waals surface area contributed by atoms with E-state index in [1.165, 1.54) is 12.8 Å². The average Bonchev–Trinajstić information content (AvgIpc) is 2.96. The van der Waals surface area contributed by atoms with E-state index in [-0.39, 0.29) is 17.0 Å². The lowest BCUT2D eigenvalue weighted by atomic mass is 9.71. The fourth-order valence-corrected chi connectivity index (χ4v) is 3.16. The summed E-state index contributed by atoms with van der Waals surface area (Å²) in [5.74, 6) is 0. The van der Waals surface area contributed by atoms with Crippen LogP contribution in [0.25, 0.3) is 0 Å². The minimum absolute atomic E-state index is 0.0623. The predicted molar refractivity (Wildman–Crippen MR) is 71.8 cm³/mol. The molecule has 104 valence electrons. The number of amides is 1. The molecule has 1 N–H and O–H groups in total. The highest BCUT2D eigenvalue weighted by atomic mass is 16.4. The Hall–Kier alpha value is -0.770. The van der Waals surface area contributed by atoms with E-state index >= 15 is 0 Å². The first kappa shape index (κ1) is 13.7. The number of carbonyl (C=O) groups is 1. The van der Waals surface area contributed by atoms with E-state index in [9.17, 15) is 9.90 Å². The molecule has 2 atom stereocenters. The summed E-state index contributed by atoms with van der Waals surface area (Å²) < 4.78 is 0. The molecule has 1 heterocycles. The highest BCUT2D eigenvalue weighted by Gasteiger charge is 2.52. The van der Waals surface area contributed by atoms with Crippen LogP contribution >= 0.6 is 0 Å². The second kappa shape index (κ2) is 4.12. The zero-order chi connectivity index (χ0) is 13.7. The molecule has 1 amide bonds. The highest BCUT2D eigenvalue weighted by molar-refractivity contribution is 5.67. The molecule has 0 bridgehead atoms. The third-order valence-corrected chi connectivity index (χ3v) is 4.87. The van der Waals surface area contributed by atoms with Crippen molar-refractivity contribution in [2.45, 2.75) is 65.1 Å². The van der Waals surface area contributed by atoms with E-state index in [0.717, 1.165) is 13.1 Å². The molecule has 2 aliphatic rings. The largest absolute Gasteiger partial charge is 0.465 e. The van der Waals surface area contributed by atoms with Gasteiger partial charge in [-0.3, -0.25) is 9.80 Å². The molecule has 1 aliphatic carbocycles. The molecule has 4 nitrogen and oxygen atoms in total. The first-order valence-corrected chi connectivity index (χ1v) is 6.93. The van der Waals surface area contributed by atoms with Crippen molar-refractivity contribution in [1.29, 1.82) is 0 Å². The number of piperazine rings is 1. The molecule has 0 radical (unpaired) electrons. The Morgan fingerprint density at radius 1 is 1.33 bits per heavy atom. The van der Waals surface area contributed by atoms with Crippen LogP contribution in [0.2, 0.25) is 0 Å². The molecule has 18 heavy (non-hydrogen) atoms. The van der Waals surface area contributed by atoms with E-state index in [4.69, 9.17) is 0 Å². The maximum atomic E-state index is 11.6. The van der Waals surface area contributed by atoms with E-state index in [2.05, 4.69) is 32.6 Å². The topological polar surface area (TPSA) is 43.8 Å². The minimum Gasteiger partial charge on any atom is -0.465 e. The van der Waals surface area contributed by atoms with E-state index in [1.54, 1.807) is 4.90 Å². The fraction of sp³-hybridized carbons (Fsp3) is 0.929. The maximum Gasteiger partial charge on any atom is 0.408 e. The summed E-state index contributed by atoms with van der Waals surface area (Å²) >= 11 is 0. The number of rotatable bonds is 1. The van der Waals surface area contributed by atoms with E-state index < -0.39 is 6.09 Å². The van der Waals surface area contributed by atoms with Gasteiger partial charge in [0.2, 0.25) is 0 Å². The van der Waals surface area contributed by atoms with Gasteiger partial charge in [-0.15, -0.1) is 0 Å². The van der Waals surface area contributed by atoms with Gasteiger partial charge in [0.15, 0.2) is 0 Å². The lowest BCUT2D eigenvalue weighted by molar-refractivity contribution is -0.0717. The number of hydrogen-bond donors (Lipinski definition) is 1. The molecular weight excluding hydrogens is 228 g/mol. The van der Waals surface area contributed by atoms with Crippen molar-refractivity contribution in [2.75, 3.05) is 13.1 Å². The Bertz CT molecular complexity index is 346. The normalized spacial score (nSPS) is 34.7. The van der Waals surface area contributed by atoms with Gasteiger partial charge in [-0.05, 0) is 32.1 Å². The summed E-state index contributed by atoms with van der Waals surface area (Å²) in [7, 11) is 0. The van der Waals surface area contributed by atoms with Crippen molar-refractivity contribution >= 4 is 6.09 Å². The summed E-state index contributed by atoms with van der Waals surface area (Å²) in [4.78, 5) is 15.8. The van der Waals surface area contributed by atoms with Crippen LogP contribution < -0.4 is 0 Å². The van der Waals surface area contributed by atoms with Gasteiger partial charge in [0.05, 0.1) is 5.54 Å². The Morgan fingerprint density at radius 3 is 2.28 bits per heavy atom. The molecule has 0 spiro atoms.